The van der Waals surface area contributed by atoms with Crippen molar-refractivity contribution >= 4 is 39.1 Å². The highest BCUT2D eigenvalue weighted by molar-refractivity contribution is 9.10. The highest BCUT2D eigenvalue weighted by atomic mass is 79.9. The molecule has 3 rings (SSSR count). The summed E-state index contributed by atoms with van der Waals surface area (Å²) in [7, 11) is 0. The molecule has 0 radical (unpaired) electrons. The predicted molar refractivity (Wildman–Crippen MR) is 82.4 cm³/mol. The molecule has 1 heterocycles. The lowest BCUT2D eigenvalue weighted by Gasteiger charge is -2.08. The van der Waals surface area contributed by atoms with Crippen molar-refractivity contribution in [1.82, 2.24) is 9.55 Å². The summed E-state index contributed by atoms with van der Waals surface area (Å²) in [6.45, 7) is 0. The van der Waals surface area contributed by atoms with Crippen LogP contribution in [0.25, 0.3) is 16.6 Å². The first-order valence-corrected chi connectivity index (χ1v) is 6.97. The summed E-state index contributed by atoms with van der Waals surface area (Å²) >= 11 is 8.33. The first-order valence-electron chi connectivity index (χ1n) is 5.77. The van der Waals surface area contributed by atoms with Gasteiger partial charge in [0.1, 0.15) is 5.82 Å². The van der Waals surface area contributed by atoms with Crippen molar-refractivity contribution in [1.29, 1.82) is 0 Å². The largest absolute Gasteiger partial charge is 0.331 e. The summed E-state index contributed by atoms with van der Waals surface area (Å²) in [5.74, 6) is -0.391. The van der Waals surface area contributed by atoms with Gasteiger partial charge >= 0.3 is 0 Å². The lowest BCUT2D eigenvalue weighted by atomic mass is 10.2. The van der Waals surface area contributed by atoms with Crippen LogP contribution in [0, 0.1) is 10.6 Å². The molecule has 1 N–H and O–H groups in total. The van der Waals surface area contributed by atoms with Crippen LogP contribution in [0.2, 0.25) is 0 Å². The molecule has 0 bridgehead atoms. The summed E-state index contributed by atoms with van der Waals surface area (Å²) in [6.07, 6.45) is 0. The maximum atomic E-state index is 13.3. The van der Waals surface area contributed by atoms with Crippen LogP contribution in [0.1, 0.15) is 0 Å². The van der Waals surface area contributed by atoms with Crippen molar-refractivity contribution in [2.45, 2.75) is 0 Å². The number of para-hydroxylation sites is 1. The molecule has 0 fully saturated rings. The molecule has 2 aromatic carbocycles. The second-order valence-electron chi connectivity index (χ2n) is 4.21. The number of aromatic amines is 1. The molecule has 1 aromatic heterocycles. The van der Waals surface area contributed by atoms with Crippen molar-refractivity contribution in [2.75, 3.05) is 0 Å². The summed E-state index contributed by atoms with van der Waals surface area (Å²) in [4.78, 5) is 15.5. The summed E-state index contributed by atoms with van der Waals surface area (Å²) in [6, 6.07) is 11.4. The van der Waals surface area contributed by atoms with E-state index in [0.29, 0.717) is 16.6 Å². The molecule has 0 aliphatic rings. The lowest BCUT2D eigenvalue weighted by molar-refractivity contribution is 0.620. The first-order chi connectivity index (χ1) is 9.58. The van der Waals surface area contributed by atoms with E-state index < -0.39 is 5.82 Å². The third kappa shape index (κ3) is 2.10. The zero-order valence-electron chi connectivity index (χ0n) is 10.1. The smallest absolute Gasteiger partial charge is 0.266 e. The van der Waals surface area contributed by atoms with Crippen LogP contribution in [0.3, 0.4) is 0 Å². The Balaban J connectivity index is 2.39. The number of hydrogen-bond acceptors (Lipinski definition) is 2. The van der Waals surface area contributed by atoms with E-state index in [0.717, 1.165) is 0 Å². The molecule has 20 heavy (non-hydrogen) atoms. The van der Waals surface area contributed by atoms with Crippen molar-refractivity contribution in [3.8, 4) is 5.69 Å². The standard InChI is InChI=1S/C14H8BrFN2OS/c15-10-7-8(5-6-11(10)16)18-13(19)9-3-1-2-4-12(9)17-14(18)20/h1-7H,(H,17,20). The van der Waals surface area contributed by atoms with Crippen molar-refractivity contribution in [3.05, 3.63) is 67.9 Å². The Morgan fingerprint density at radius 2 is 1.95 bits per heavy atom. The maximum Gasteiger partial charge on any atom is 0.266 e. The Labute approximate surface area is 126 Å². The molecule has 0 aliphatic carbocycles. The molecule has 0 aliphatic heterocycles. The minimum Gasteiger partial charge on any atom is -0.331 e. The van der Waals surface area contributed by atoms with Crippen LogP contribution in [-0.4, -0.2) is 9.55 Å². The van der Waals surface area contributed by atoms with Crippen molar-refractivity contribution < 1.29 is 4.39 Å². The van der Waals surface area contributed by atoms with E-state index in [-0.39, 0.29) is 14.8 Å². The highest BCUT2D eigenvalue weighted by Crippen LogP contribution is 2.19. The average molecular weight is 351 g/mol. The molecule has 100 valence electrons. The summed E-state index contributed by atoms with van der Waals surface area (Å²) in [5, 5.41) is 0.529. The quantitative estimate of drug-likeness (QED) is 0.674. The van der Waals surface area contributed by atoms with E-state index in [2.05, 4.69) is 20.9 Å². The minimum absolute atomic E-state index is 0.233. The normalized spacial score (nSPS) is 10.9. The first kappa shape index (κ1) is 13.2. The predicted octanol–water partition coefficient (Wildman–Crippen LogP) is 3.95. The van der Waals surface area contributed by atoms with Gasteiger partial charge in [0.05, 0.1) is 21.1 Å². The fourth-order valence-electron chi connectivity index (χ4n) is 2.02. The van der Waals surface area contributed by atoms with Gasteiger partial charge in [-0.1, -0.05) is 12.1 Å². The number of H-pyrrole nitrogens is 1. The van der Waals surface area contributed by atoms with Crippen LogP contribution in [0.5, 0.6) is 0 Å². The second-order valence-corrected chi connectivity index (χ2v) is 5.46. The van der Waals surface area contributed by atoms with Gasteiger partial charge in [-0.25, -0.2) is 4.39 Å². The number of halogens is 2. The van der Waals surface area contributed by atoms with Gasteiger partial charge in [-0.2, -0.15) is 0 Å². The van der Waals surface area contributed by atoms with E-state index in [9.17, 15) is 9.18 Å². The SMILES string of the molecule is O=c1c2ccccc2[nH]c(=S)n1-c1ccc(F)c(Br)c1. The zero-order valence-corrected chi connectivity index (χ0v) is 12.5. The van der Waals surface area contributed by atoms with Crippen LogP contribution in [0.4, 0.5) is 4.39 Å². The molecule has 0 saturated carbocycles. The van der Waals surface area contributed by atoms with Crippen molar-refractivity contribution in [3.63, 3.8) is 0 Å². The number of benzene rings is 2. The minimum atomic E-state index is -0.391. The number of rotatable bonds is 1. The molecule has 0 unspecified atom stereocenters. The number of nitrogens with zero attached hydrogens (tertiary/aromatic N) is 1. The molecular formula is C14H8BrFN2OS. The molecule has 3 aromatic rings. The lowest BCUT2D eigenvalue weighted by Crippen LogP contribution is -2.20. The summed E-state index contributed by atoms with van der Waals surface area (Å²) in [5.41, 5.74) is 0.957. The number of nitrogens with one attached hydrogen (secondary N) is 1. The fourth-order valence-corrected chi connectivity index (χ4v) is 2.69. The Hall–Kier alpha value is -1.79. The van der Waals surface area contributed by atoms with E-state index in [4.69, 9.17) is 12.2 Å². The maximum absolute atomic E-state index is 13.3. The van der Waals surface area contributed by atoms with Gasteiger partial charge in [0.2, 0.25) is 0 Å². The number of fused-ring (bicyclic) bond motifs is 1. The second kappa shape index (κ2) is 4.96. The van der Waals surface area contributed by atoms with Gasteiger partial charge < -0.3 is 4.98 Å². The van der Waals surface area contributed by atoms with Gasteiger partial charge in [-0.15, -0.1) is 0 Å². The van der Waals surface area contributed by atoms with Gasteiger partial charge in [0.15, 0.2) is 4.77 Å². The van der Waals surface area contributed by atoms with E-state index in [1.54, 1.807) is 18.2 Å². The zero-order chi connectivity index (χ0) is 14.3. The number of hydrogen-bond donors (Lipinski definition) is 1. The van der Waals surface area contributed by atoms with Crippen molar-refractivity contribution in [2.24, 2.45) is 0 Å². The van der Waals surface area contributed by atoms with E-state index in [1.165, 1.54) is 22.8 Å². The molecule has 0 atom stereocenters. The third-order valence-corrected chi connectivity index (χ3v) is 3.86. The molecule has 6 heteroatoms. The molecule has 0 saturated heterocycles. The van der Waals surface area contributed by atoms with Crippen LogP contribution in [-0.2, 0) is 0 Å². The molecule has 0 amide bonds. The molecular weight excluding hydrogens is 343 g/mol. The van der Waals surface area contributed by atoms with Gasteiger partial charge in [0.25, 0.3) is 5.56 Å². The van der Waals surface area contributed by atoms with E-state index >= 15 is 0 Å². The Morgan fingerprint density at radius 1 is 1.20 bits per heavy atom. The Kier molecular flexibility index (Phi) is 3.27. The van der Waals surface area contributed by atoms with E-state index in [1.807, 2.05) is 6.07 Å². The fraction of sp³-hybridized carbons (Fsp3) is 0. The molecule has 0 spiro atoms. The number of aromatic nitrogens is 2. The molecule has 3 nitrogen and oxygen atoms in total. The third-order valence-electron chi connectivity index (χ3n) is 2.97. The monoisotopic (exact) mass is 350 g/mol. The van der Waals surface area contributed by atoms with Gasteiger partial charge in [0, 0.05) is 0 Å². The van der Waals surface area contributed by atoms with Crippen LogP contribution >= 0.6 is 28.1 Å². The van der Waals surface area contributed by atoms with Gasteiger partial charge in [-0.3, -0.25) is 9.36 Å². The van der Waals surface area contributed by atoms with Crippen LogP contribution in [0.15, 0.2) is 51.7 Å². The Bertz CT molecular complexity index is 932. The average Bonchev–Trinajstić information content (AvgIpc) is 2.43. The topological polar surface area (TPSA) is 37.8 Å². The Morgan fingerprint density at radius 3 is 2.70 bits per heavy atom. The van der Waals surface area contributed by atoms with Crippen LogP contribution < -0.4 is 5.56 Å². The summed E-state index contributed by atoms with van der Waals surface area (Å²) < 4.78 is 15.2. The highest BCUT2D eigenvalue weighted by Gasteiger charge is 2.09. The van der Waals surface area contributed by atoms with Gasteiger partial charge in [-0.05, 0) is 58.5 Å².